The highest BCUT2D eigenvalue weighted by molar-refractivity contribution is 7.33. The minimum absolute atomic E-state index is 0.0506. The molecule has 4 aliphatic heterocycles. The first-order valence-electron chi connectivity index (χ1n) is 36.7. The lowest BCUT2D eigenvalue weighted by Gasteiger charge is -2.40. The molecule has 4 N–H and O–H groups in total. The van der Waals surface area contributed by atoms with Crippen LogP contribution in [-0.4, -0.2) is 150 Å². The Hall–Kier alpha value is -11.9. The summed E-state index contributed by atoms with van der Waals surface area (Å²) in [5.74, 6) is 46.4. The molecule has 0 saturated carbocycles. The lowest BCUT2D eigenvalue weighted by atomic mass is 10.0. The number of H-pyrrole nitrogens is 3. The molecule has 0 bridgehead atoms. The van der Waals surface area contributed by atoms with Gasteiger partial charge >= 0.3 is 53.5 Å². The van der Waals surface area contributed by atoms with E-state index < -0.39 is 208 Å². The average molecular weight is 1730 g/mol. The van der Waals surface area contributed by atoms with Crippen LogP contribution in [0, 0.1) is 166 Å². The van der Waals surface area contributed by atoms with E-state index in [-0.39, 0.29) is 59.5 Å². The van der Waals surface area contributed by atoms with Gasteiger partial charge in [-0.15, -0.1) is 6.42 Å². The molecule has 36 nitrogen and oxygen atoms in total. The Morgan fingerprint density at radius 1 is 0.545 bits per heavy atom. The van der Waals surface area contributed by atoms with Crippen molar-refractivity contribution in [2.45, 2.75) is 192 Å². The van der Waals surface area contributed by atoms with Gasteiger partial charge in [-0.2, -0.15) is 4.57 Å². The maximum absolute atomic E-state index is 15.0. The summed E-state index contributed by atoms with van der Waals surface area (Å²) in [7, 11) is -14.4. The van der Waals surface area contributed by atoms with Gasteiger partial charge in [0.2, 0.25) is 0 Å². The number of nitrogens with zero attached hydrogens (tertiary/aromatic N) is 5. The van der Waals surface area contributed by atoms with Gasteiger partial charge in [-0.1, -0.05) is 20.8 Å². The molecule has 630 valence electrons. The van der Waals surface area contributed by atoms with Crippen molar-refractivity contribution in [3.05, 3.63) is 160 Å². The minimum Gasteiger partial charge on any atom is -0.457 e. The lowest BCUT2D eigenvalue weighted by molar-refractivity contribution is -0.156. The molecule has 0 amide bonds. The van der Waals surface area contributed by atoms with Crippen LogP contribution in [0.3, 0.4) is 0 Å². The predicted octanol–water partition coefficient (Wildman–Crippen LogP) is 2.69. The van der Waals surface area contributed by atoms with Crippen LogP contribution < -0.4 is 49.7 Å². The molecular formula is C81H79N8O28P3Si. The van der Waals surface area contributed by atoms with Gasteiger partial charge in [0.05, 0.1) is 51.2 Å². The number of ketones is 1. The Kier molecular flexibility index (Phi) is 33.0. The molecule has 4 saturated heterocycles. The van der Waals surface area contributed by atoms with Crippen molar-refractivity contribution in [2.75, 3.05) is 26.4 Å². The summed E-state index contributed by atoms with van der Waals surface area (Å²) in [5, 5.41) is 9.55. The fourth-order valence-electron chi connectivity index (χ4n) is 11.8. The van der Waals surface area contributed by atoms with Crippen molar-refractivity contribution in [1.82, 2.24) is 37.8 Å². The highest BCUT2D eigenvalue weighted by Crippen LogP contribution is 2.46. The summed E-state index contributed by atoms with van der Waals surface area (Å²) in [6.07, 6.45) is -7.06. The molecule has 8 heterocycles. The summed E-state index contributed by atoms with van der Waals surface area (Å²) in [5.41, 5.74) is -5.95. The van der Waals surface area contributed by atoms with E-state index in [2.05, 4.69) is 139 Å². The van der Waals surface area contributed by atoms with Crippen LogP contribution in [-0.2, 0) is 78.5 Å². The molecule has 40 heteroatoms. The molecule has 4 fully saturated rings. The monoisotopic (exact) mass is 1730 g/mol. The molecule has 4 aliphatic rings. The molecule has 4 aromatic heterocycles. The number of terminal acetylenes is 1. The van der Waals surface area contributed by atoms with Crippen LogP contribution >= 0.6 is 24.8 Å². The number of benzene rings is 1. The fraction of sp³-hybridized carbons (Fsp3) is 0.420. The second-order valence-electron chi connectivity index (χ2n) is 28.6. The smallest absolute Gasteiger partial charge is 0.340 e. The third-order valence-electron chi connectivity index (χ3n) is 19.2. The largest absolute Gasteiger partial charge is 0.457 e. The number of ether oxygens (including phenoxy) is 6. The molecule has 7 unspecified atom stereocenters. The number of aromatic amines is 3. The Morgan fingerprint density at radius 3 is 1.36 bits per heavy atom. The lowest BCUT2D eigenvalue weighted by Crippen LogP contribution is -2.51. The first-order valence-corrected chi connectivity index (χ1v) is 43.3. The zero-order chi connectivity index (χ0) is 88.0. The molecule has 9 rings (SSSR count). The zero-order valence-corrected chi connectivity index (χ0v) is 70.7. The van der Waals surface area contributed by atoms with Gasteiger partial charge in [-0.3, -0.25) is 75.7 Å². The summed E-state index contributed by atoms with van der Waals surface area (Å²) in [4.78, 5) is 153. The van der Waals surface area contributed by atoms with Crippen LogP contribution in [0.25, 0.3) is 0 Å². The first-order chi connectivity index (χ1) is 57.6. The van der Waals surface area contributed by atoms with Gasteiger partial charge in [0.15, 0.2) is 20.6 Å². The van der Waals surface area contributed by atoms with E-state index in [1.165, 1.54) is 58.4 Å². The normalized spacial score (nSPS) is 21.9. The number of carbonyl (C=O) groups is 3. The second kappa shape index (κ2) is 42.9. The zero-order valence-electron chi connectivity index (χ0n) is 66.7. The molecule has 5 aromatic rings. The number of rotatable bonds is 28. The molecule has 1 aromatic carbocycles. The van der Waals surface area contributed by atoms with Gasteiger partial charge in [0, 0.05) is 150 Å². The molecule has 0 aliphatic carbocycles. The van der Waals surface area contributed by atoms with Crippen molar-refractivity contribution in [3.63, 3.8) is 0 Å². The second-order valence-corrected chi connectivity index (χ2v) is 36.4. The number of hydrogen-bond acceptors (Lipinski definition) is 28. The van der Waals surface area contributed by atoms with Crippen LogP contribution in [0.2, 0.25) is 18.1 Å². The number of carbonyl (C=O) groups excluding carboxylic acids is 3. The average Bonchev–Trinajstić information content (AvgIpc) is 1.65. The van der Waals surface area contributed by atoms with E-state index in [1.54, 1.807) is 13.8 Å². The topological polar surface area (TPSA) is 451 Å². The van der Waals surface area contributed by atoms with E-state index in [4.69, 9.17) is 66.4 Å². The summed E-state index contributed by atoms with van der Waals surface area (Å²) < 4.78 is 125. The number of aromatic nitrogens is 8. The number of aliphatic hydroxyl groups excluding tert-OH is 1. The third-order valence-corrected chi connectivity index (χ3v) is 26.3. The van der Waals surface area contributed by atoms with Crippen molar-refractivity contribution in [2.24, 2.45) is 0 Å². The van der Waals surface area contributed by atoms with Crippen molar-refractivity contribution >= 4 is 50.7 Å². The van der Waals surface area contributed by atoms with E-state index in [0.29, 0.717) is 15.7 Å². The highest BCUT2D eigenvalue weighted by atomic mass is 31.1. The van der Waals surface area contributed by atoms with Crippen LogP contribution in [0.5, 0.6) is 5.75 Å². The van der Waals surface area contributed by atoms with E-state index >= 15 is 4.79 Å². The molecule has 16 atom stereocenters. The predicted molar refractivity (Wildman–Crippen MR) is 434 cm³/mol. The molecule has 0 radical (unpaired) electrons. The van der Waals surface area contributed by atoms with E-state index in [9.17, 15) is 66.7 Å². The van der Waals surface area contributed by atoms with Gasteiger partial charge in [-0.05, 0) is 130 Å². The molecular weight excluding hydrogens is 1650 g/mol. The maximum Gasteiger partial charge on any atom is 0.340 e. The minimum atomic E-state index is -3.89. The van der Waals surface area contributed by atoms with Gasteiger partial charge in [0.25, 0.3) is 28.1 Å². The van der Waals surface area contributed by atoms with Crippen molar-refractivity contribution in [3.8, 4) is 137 Å². The molecule has 0 spiro atoms. The number of esters is 1. The van der Waals surface area contributed by atoms with Gasteiger partial charge in [0.1, 0.15) is 66.8 Å². The highest BCUT2D eigenvalue weighted by Gasteiger charge is 2.54. The fourth-order valence-corrected chi connectivity index (χ4v) is 15.7. The van der Waals surface area contributed by atoms with Gasteiger partial charge in [-0.25, -0.2) is 19.2 Å². The number of hydrogen-bond donors (Lipinski definition) is 4. The first kappa shape index (κ1) is 93.0. The molecule has 121 heavy (non-hydrogen) atoms. The van der Waals surface area contributed by atoms with E-state index in [1.807, 2.05) is 33.9 Å². The Labute approximate surface area is 693 Å². The van der Waals surface area contributed by atoms with E-state index in [0.717, 1.165) is 30.5 Å². The summed E-state index contributed by atoms with van der Waals surface area (Å²) in [6.45, 7) is 15.4. The van der Waals surface area contributed by atoms with Gasteiger partial charge < -0.3 is 69.9 Å². The maximum atomic E-state index is 15.0. The quantitative estimate of drug-likeness (QED) is 0.0242. The summed E-state index contributed by atoms with van der Waals surface area (Å²) >= 11 is 0. The van der Waals surface area contributed by atoms with Crippen LogP contribution in [0.1, 0.15) is 123 Å². The van der Waals surface area contributed by atoms with Crippen LogP contribution in [0.15, 0.2) is 81.3 Å². The van der Waals surface area contributed by atoms with Crippen molar-refractivity contribution < 1.29 is 93.2 Å². The summed E-state index contributed by atoms with van der Waals surface area (Å²) in [6, 6.07) is 3.58. The third kappa shape index (κ3) is 25.1. The Balaban J connectivity index is 0.926. The SMILES string of the molecule is C#CC#CC#CC#CC#CC#CC#CC#CC#CC#CC#COc1cc(C(=O)n2c(=O)ccn([C@@H]3O[C@H](CO[PH](=O)OC4C[C@H](n5cc(C)c(=O)[nH]c5=O)O[C@@H]4CO[PH](=O)OC4C[C@H](n5cc(C)c(=O)[nH]c5=O)O[C@@H]4CO[PH](=O)OC4C[C@H](n5cc(C)c(=O)[nH]c5=O)O[C@@H]4CO)C(OC(=O)CCC(C)=O)[C@@H]3O[Si](C)(C)C(C)(C)C)c2=O)cc(C)c1C. The number of nitrogens with one attached hydrogen (secondary N) is 3. The Morgan fingerprint density at radius 2 is 0.950 bits per heavy atom. The standard InChI is InChI=1S/C81H79N8O28P3Si/c1-13-14-15-16-17-18-19-20-21-22-23-24-25-26-27-28-29-30-31-32-37-105-57-39-56(38-50(2)55(57)7)75(97)89-65(92)35-36-85(80(89)101)76-71(117-121(11,12)81(8,9)10)70(113-69(93)34-33-54(6)91)64(112-76)49-108-120(104)116-60-42-68(88-45-53(5)74(96)84-79(88)100)111-63(60)48-107-119(103)115-59-41-67(87-44-52(4)73(95)83-78(87)99)110-62(59)47-106-118(102)114-58-40-66(109-61(58)46-90)86-43-51(3)72(94)82-77(86)98/h1,35-36,38-39,43-45,58-64,66-68,70-71,76,90,118-120H,33-34,40-42,46-49H2,2-12H3,(H,82,94,98)(H,83,95,99)(H,84,96,100)/t58?,59?,60?,61-,62-,63-,64-,66-,67-,68-,70?,71+,76-/m1/s1. The number of aliphatic hydroxyl groups is 1. The number of Topliss-reactive ketones (excluding diaryl/α,β-unsaturated/α-hetero) is 1. The van der Waals surface area contributed by atoms with Crippen LogP contribution in [0.4, 0.5) is 0 Å². The number of aryl methyl sites for hydroxylation is 4. The van der Waals surface area contributed by atoms with Crippen molar-refractivity contribution in [1.29, 1.82) is 0 Å². The Bertz CT molecular complexity index is 6240.